The molecule has 0 aliphatic carbocycles. The fraction of sp³-hybridized carbons (Fsp3) is 0.375. The number of hydrogen-bond donors (Lipinski definition) is 1. The number of alkyl carbamates (subject to hydrolysis) is 1. The summed E-state index contributed by atoms with van der Waals surface area (Å²) in [7, 11) is 0. The Balaban J connectivity index is 2.47. The minimum Gasteiger partial charge on any atom is -0.460 e. The van der Waals surface area contributed by atoms with Crippen LogP contribution in [0.15, 0.2) is 43.0 Å². The molecule has 1 aromatic rings. The highest BCUT2D eigenvalue weighted by atomic mass is 32.2. The molecule has 1 atom stereocenters. The number of esters is 1. The molecule has 0 saturated heterocycles. The summed E-state index contributed by atoms with van der Waals surface area (Å²) in [6, 6.07) is 8.62. The van der Waals surface area contributed by atoms with Gasteiger partial charge in [-0.05, 0) is 24.0 Å². The monoisotopic (exact) mass is 323 g/mol. The van der Waals surface area contributed by atoms with Crippen molar-refractivity contribution < 1.29 is 19.1 Å². The Hall–Kier alpha value is -1.95. The lowest BCUT2D eigenvalue weighted by molar-refractivity contribution is -0.144. The quantitative estimate of drug-likeness (QED) is 0.559. The van der Waals surface area contributed by atoms with Crippen LogP contribution in [0.4, 0.5) is 4.79 Å². The van der Waals surface area contributed by atoms with Gasteiger partial charge >= 0.3 is 12.1 Å². The van der Waals surface area contributed by atoms with Crippen LogP contribution in [0.5, 0.6) is 0 Å². The van der Waals surface area contributed by atoms with E-state index in [2.05, 4.69) is 11.9 Å². The van der Waals surface area contributed by atoms with Crippen LogP contribution in [0.25, 0.3) is 0 Å². The molecular weight excluding hydrogens is 302 g/mol. The van der Waals surface area contributed by atoms with Gasteiger partial charge in [-0.15, -0.1) is 0 Å². The predicted molar refractivity (Wildman–Crippen MR) is 87.7 cm³/mol. The first-order valence-corrected chi connectivity index (χ1v) is 8.30. The van der Waals surface area contributed by atoms with E-state index in [-0.39, 0.29) is 13.2 Å². The molecule has 0 radical (unpaired) electrons. The predicted octanol–water partition coefficient (Wildman–Crippen LogP) is 2.76. The van der Waals surface area contributed by atoms with E-state index in [1.807, 2.05) is 36.6 Å². The van der Waals surface area contributed by atoms with Gasteiger partial charge in [0.25, 0.3) is 0 Å². The van der Waals surface area contributed by atoms with Crippen molar-refractivity contribution >= 4 is 23.8 Å². The average molecular weight is 323 g/mol. The summed E-state index contributed by atoms with van der Waals surface area (Å²) in [6.07, 6.45) is 3.26. The molecule has 1 N–H and O–H groups in total. The van der Waals surface area contributed by atoms with E-state index in [9.17, 15) is 9.59 Å². The normalized spacial score (nSPS) is 11.3. The van der Waals surface area contributed by atoms with Crippen LogP contribution in [-0.2, 0) is 20.9 Å². The summed E-state index contributed by atoms with van der Waals surface area (Å²) < 4.78 is 10.1. The number of benzene rings is 1. The van der Waals surface area contributed by atoms with Crippen LogP contribution < -0.4 is 5.32 Å². The molecule has 0 bridgehead atoms. The summed E-state index contributed by atoms with van der Waals surface area (Å²) in [5.41, 5.74) is 0.882. The number of carbonyl (C=O) groups excluding carboxylic acids is 2. The Bertz CT molecular complexity index is 478. The number of nitrogens with one attached hydrogen (secondary N) is 1. The molecule has 120 valence electrons. The molecule has 0 fully saturated rings. The zero-order valence-electron chi connectivity index (χ0n) is 12.6. The summed E-state index contributed by atoms with van der Waals surface area (Å²) >= 11 is 1.59. The smallest absolute Gasteiger partial charge is 0.408 e. The first-order chi connectivity index (χ1) is 10.7. The van der Waals surface area contributed by atoms with Crippen molar-refractivity contribution in [3.63, 3.8) is 0 Å². The molecule has 0 aliphatic rings. The molecule has 5 nitrogen and oxygen atoms in total. The minimum absolute atomic E-state index is 0.120. The molecule has 0 spiro atoms. The molecule has 1 aromatic carbocycles. The SMILES string of the molecule is C=CCOC(=O)[C@H](CCSC)NC(=O)OCc1ccccc1. The van der Waals surface area contributed by atoms with Crippen LogP contribution in [0.1, 0.15) is 12.0 Å². The topological polar surface area (TPSA) is 64.6 Å². The molecule has 0 aliphatic heterocycles. The van der Waals surface area contributed by atoms with Crippen LogP contribution in [0.2, 0.25) is 0 Å². The van der Waals surface area contributed by atoms with Crippen LogP contribution in [-0.4, -0.2) is 36.7 Å². The highest BCUT2D eigenvalue weighted by Crippen LogP contribution is 2.05. The third-order valence-electron chi connectivity index (χ3n) is 2.74. The maximum atomic E-state index is 11.9. The van der Waals surface area contributed by atoms with Gasteiger partial charge in [0.2, 0.25) is 0 Å². The van der Waals surface area contributed by atoms with Crippen molar-refractivity contribution in [1.82, 2.24) is 5.32 Å². The van der Waals surface area contributed by atoms with Gasteiger partial charge in [-0.3, -0.25) is 0 Å². The summed E-state index contributed by atoms with van der Waals surface area (Å²) in [5, 5.41) is 2.55. The maximum Gasteiger partial charge on any atom is 0.408 e. The average Bonchev–Trinajstić information content (AvgIpc) is 2.55. The zero-order chi connectivity index (χ0) is 16.2. The second-order valence-electron chi connectivity index (χ2n) is 4.46. The summed E-state index contributed by atoms with van der Waals surface area (Å²) in [6.45, 7) is 3.76. The van der Waals surface area contributed by atoms with Gasteiger partial charge in [0.1, 0.15) is 19.3 Å². The van der Waals surface area contributed by atoms with Crippen molar-refractivity contribution in [2.45, 2.75) is 19.1 Å². The Kier molecular flexibility index (Phi) is 8.83. The minimum atomic E-state index is -0.712. The molecule has 6 heteroatoms. The highest BCUT2D eigenvalue weighted by molar-refractivity contribution is 7.98. The third kappa shape index (κ3) is 7.17. The van der Waals surface area contributed by atoms with E-state index in [1.54, 1.807) is 11.8 Å². The Morgan fingerprint density at radius 3 is 2.68 bits per heavy atom. The van der Waals surface area contributed by atoms with Gasteiger partial charge < -0.3 is 14.8 Å². The molecule has 22 heavy (non-hydrogen) atoms. The molecule has 1 amide bonds. The lowest BCUT2D eigenvalue weighted by atomic mass is 10.2. The number of carbonyl (C=O) groups is 2. The lowest BCUT2D eigenvalue weighted by Gasteiger charge is -2.16. The third-order valence-corrected chi connectivity index (χ3v) is 3.39. The highest BCUT2D eigenvalue weighted by Gasteiger charge is 2.22. The number of rotatable bonds is 9. The molecule has 0 unspecified atom stereocenters. The fourth-order valence-electron chi connectivity index (χ4n) is 1.63. The van der Waals surface area contributed by atoms with Crippen LogP contribution in [0, 0.1) is 0 Å². The Morgan fingerprint density at radius 2 is 2.05 bits per heavy atom. The van der Waals surface area contributed by atoms with Gasteiger partial charge in [0, 0.05) is 0 Å². The first kappa shape index (κ1) is 18.1. The molecule has 0 heterocycles. The van der Waals surface area contributed by atoms with Gasteiger partial charge in [-0.25, -0.2) is 9.59 Å². The van der Waals surface area contributed by atoms with E-state index >= 15 is 0 Å². The number of ether oxygens (including phenoxy) is 2. The van der Waals surface area contributed by atoms with Crippen LogP contribution >= 0.6 is 11.8 Å². The van der Waals surface area contributed by atoms with Crippen molar-refractivity contribution in [3.8, 4) is 0 Å². The molecule has 1 rings (SSSR count). The standard InChI is InChI=1S/C16H21NO4S/c1-3-10-20-15(18)14(9-11-22-2)17-16(19)21-12-13-7-5-4-6-8-13/h3-8,14H,1,9-12H2,2H3,(H,17,19)/t14-/m0/s1. The van der Waals surface area contributed by atoms with E-state index in [1.165, 1.54) is 6.08 Å². The molecular formula is C16H21NO4S. The Morgan fingerprint density at radius 1 is 1.32 bits per heavy atom. The van der Waals surface area contributed by atoms with E-state index in [4.69, 9.17) is 9.47 Å². The van der Waals surface area contributed by atoms with E-state index < -0.39 is 18.1 Å². The van der Waals surface area contributed by atoms with Gasteiger partial charge in [-0.2, -0.15) is 11.8 Å². The van der Waals surface area contributed by atoms with E-state index in [0.29, 0.717) is 6.42 Å². The van der Waals surface area contributed by atoms with Gasteiger partial charge in [-0.1, -0.05) is 43.0 Å². The lowest BCUT2D eigenvalue weighted by Crippen LogP contribution is -2.42. The van der Waals surface area contributed by atoms with Gasteiger partial charge in [0.15, 0.2) is 0 Å². The number of hydrogen-bond acceptors (Lipinski definition) is 5. The van der Waals surface area contributed by atoms with Crippen molar-refractivity contribution in [2.75, 3.05) is 18.6 Å². The Labute approximate surface area is 135 Å². The fourth-order valence-corrected chi connectivity index (χ4v) is 2.10. The molecule has 0 aromatic heterocycles. The summed E-state index contributed by atoms with van der Waals surface area (Å²) in [4.78, 5) is 23.7. The van der Waals surface area contributed by atoms with Crippen molar-refractivity contribution in [1.29, 1.82) is 0 Å². The van der Waals surface area contributed by atoms with Crippen molar-refractivity contribution in [2.24, 2.45) is 0 Å². The first-order valence-electron chi connectivity index (χ1n) is 6.91. The zero-order valence-corrected chi connectivity index (χ0v) is 13.4. The largest absolute Gasteiger partial charge is 0.460 e. The maximum absolute atomic E-state index is 11.9. The van der Waals surface area contributed by atoms with Gasteiger partial charge in [0.05, 0.1) is 0 Å². The second-order valence-corrected chi connectivity index (χ2v) is 5.44. The molecule has 0 saturated carbocycles. The number of amides is 1. The number of thioether (sulfide) groups is 1. The van der Waals surface area contributed by atoms with Crippen molar-refractivity contribution in [3.05, 3.63) is 48.6 Å². The van der Waals surface area contributed by atoms with Crippen LogP contribution in [0.3, 0.4) is 0 Å². The summed E-state index contributed by atoms with van der Waals surface area (Å²) in [5.74, 6) is 0.248. The second kappa shape index (κ2) is 10.7. The van der Waals surface area contributed by atoms with E-state index in [0.717, 1.165) is 11.3 Å².